The number of anilines is 1. The SMILES string of the molecule is CC(C)(C)OC(=O)NC(C(=O)N1CCCC1C(=O)Nc1cn2cc(-c3ccccc3)sc2n1)c1ccccc1. The number of nitrogens with zero attached hydrogens (tertiary/aromatic N) is 3. The molecular weight excluding hydrogens is 514 g/mol. The van der Waals surface area contributed by atoms with Crippen molar-refractivity contribution >= 4 is 40.0 Å². The Morgan fingerprint density at radius 1 is 1.03 bits per heavy atom. The number of amides is 3. The lowest BCUT2D eigenvalue weighted by Gasteiger charge is -2.29. The number of thiazole rings is 1. The maximum absolute atomic E-state index is 13.7. The van der Waals surface area contributed by atoms with Gasteiger partial charge in [-0.25, -0.2) is 9.78 Å². The van der Waals surface area contributed by atoms with Gasteiger partial charge in [0.05, 0.1) is 11.1 Å². The fourth-order valence-electron chi connectivity index (χ4n) is 4.63. The molecule has 0 bridgehead atoms. The standard InChI is InChI=1S/C29H31N5O4S/c1-29(2,3)38-28(37)32-24(20-13-8-5-9-14-20)26(36)34-16-10-15-21(34)25(35)30-23-18-33-17-22(39-27(33)31-23)19-11-6-4-7-12-19/h4-9,11-14,17-18,21,24H,10,15-16H2,1-3H3,(H,30,35)(H,32,37). The van der Waals surface area contributed by atoms with Gasteiger partial charge in [0.25, 0.3) is 5.91 Å². The van der Waals surface area contributed by atoms with Crippen molar-refractivity contribution in [2.45, 2.75) is 51.3 Å². The Hall–Kier alpha value is -4.18. The largest absolute Gasteiger partial charge is 0.444 e. The first kappa shape index (κ1) is 26.4. The number of hydrogen-bond acceptors (Lipinski definition) is 6. The Kier molecular flexibility index (Phi) is 7.38. The van der Waals surface area contributed by atoms with Gasteiger partial charge in [0, 0.05) is 12.7 Å². The van der Waals surface area contributed by atoms with Gasteiger partial charge in [-0.1, -0.05) is 72.0 Å². The summed E-state index contributed by atoms with van der Waals surface area (Å²) in [5.74, 6) is -0.237. The third-order valence-corrected chi connectivity index (χ3v) is 7.39. The van der Waals surface area contributed by atoms with Crippen LogP contribution in [0.25, 0.3) is 15.4 Å². The third kappa shape index (κ3) is 6.12. The second kappa shape index (κ2) is 10.9. The van der Waals surface area contributed by atoms with Crippen LogP contribution in [0.1, 0.15) is 45.2 Å². The molecule has 3 heterocycles. The van der Waals surface area contributed by atoms with Crippen LogP contribution in [0.5, 0.6) is 0 Å². The van der Waals surface area contributed by atoms with Gasteiger partial charge in [-0.2, -0.15) is 0 Å². The molecule has 0 spiro atoms. The molecular formula is C29H31N5O4S. The molecule has 5 rings (SSSR count). The van der Waals surface area contributed by atoms with Crippen LogP contribution in [0.4, 0.5) is 10.6 Å². The molecule has 9 nitrogen and oxygen atoms in total. The van der Waals surface area contributed by atoms with E-state index in [1.54, 1.807) is 51.2 Å². The molecule has 39 heavy (non-hydrogen) atoms. The van der Waals surface area contributed by atoms with Crippen molar-refractivity contribution in [3.63, 3.8) is 0 Å². The molecule has 4 aromatic rings. The highest BCUT2D eigenvalue weighted by Gasteiger charge is 2.39. The van der Waals surface area contributed by atoms with Gasteiger partial charge < -0.3 is 20.3 Å². The molecule has 2 atom stereocenters. The van der Waals surface area contributed by atoms with E-state index in [1.807, 2.05) is 47.0 Å². The third-order valence-electron chi connectivity index (χ3n) is 6.34. The number of carbonyl (C=O) groups is 3. The number of likely N-dealkylation sites (tertiary alicyclic amines) is 1. The lowest BCUT2D eigenvalue weighted by Crippen LogP contribution is -2.49. The smallest absolute Gasteiger partial charge is 0.408 e. The summed E-state index contributed by atoms with van der Waals surface area (Å²) in [6, 6.07) is 17.4. The average Bonchev–Trinajstić information content (AvgIpc) is 3.62. The van der Waals surface area contributed by atoms with E-state index in [-0.39, 0.29) is 11.8 Å². The molecule has 1 aliphatic rings. The summed E-state index contributed by atoms with van der Waals surface area (Å²) < 4.78 is 7.29. The Bertz CT molecular complexity index is 1440. The highest BCUT2D eigenvalue weighted by atomic mass is 32.1. The molecule has 2 unspecified atom stereocenters. The zero-order chi connectivity index (χ0) is 27.6. The Morgan fingerprint density at radius 2 is 1.72 bits per heavy atom. The van der Waals surface area contributed by atoms with E-state index >= 15 is 0 Å². The van der Waals surface area contributed by atoms with Crippen LogP contribution in [0, 0.1) is 0 Å². The molecule has 1 saturated heterocycles. The lowest BCUT2D eigenvalue weighted by atomic mass is 10.0. The normalized spacial score (nSPS) is 16.2. The minimum atomic E-state index is -0.983. The zero-order valence-corrected chi connectivity index (χ0v) is 22.9. The van der Waals surface area contributed by atoms with E-state index in [1.165, 1.54) is 16.2 Å². The number of rotatable bonds is 6. The predicted molar refractivity (Wildman–Crippen MR) is 150 cm³/mol. The van der Waals surface area contributed by atoms with Crippen LogP contribution < -0.4 is 10.6 Å². The van der Waals surface area contributed by atoms with Crippen LogP contribution in [0.3, 0.4) is 0 Å². The second-order valence-corrected chi connectivity index (χ2v) is 11.5. The molecule has 0 saturated carbocycles. The molecule has 2 N–H and O–H groups in total. The van der Waals surface area contributed by atoms with Crippen molar-refractivity contribution in [3.8, 4) is 10.4 Å². The van der Waals surface area contributed by atoms with Gasteiger partial charge in [0.1, 0.15) is 17.7 Å². The number of imidazole rings is 1. The van der Waals surface area contributed by atoms with Crippen molar-refractivity contribution in [1.29, 1.82) is 0 Å². The van der Waals surface area contributed by atoms with E-state index in [9.17, 15) is 14.4 Å². The Labute approximate surface area is 230 Å². The summed E-state index contributed by atoms with van der Waals surface area (Å²) >= 11 is 1.53. The maximum atomic E-state index is 13.7. The van der Waals surface area contributed by atoms with Gasteiger partial charge in [0.15, 0.2) is 10.8 Å². The Balaban J connectivity index is 1.31. The fraction of sp³-hybridized carbons (Fsp3) is 0.310. The number of aromatic nitrogens is 2. The summed E-state index contributed by atoms with van der Waals surface area (Å²) in [6.45, 7) is 5.69. The summed E-state index contributed by atoms with van der Waals surface area (Å²) in [6.07, 6.45) is 4.25. The summed E-state index contributed by atoms with van der Waals surface area (Å²) in [5.41, 5.74) is 1.000. The maximum Gasteiger partial charge on any atom is 0.408 e. The van der Waals surface area contributed by atoms with Gasteiger partial charge in [-0.05, 0) is 44.7 Å². The number of alkyl carbamates (subject to hydrolysis) is 1. The Morgan fingerprint density at radius 3 is 2.38 bits per heavy atom. The molecule has 10 heteroatoms. The number of fused-ring (bicyclic) bond motifs is 1. The first-order valence-electron chi connectivity index (χ1n) is 12.9. The predicted octanol–water partition coefficient (Wildman–Crippen LogP) is 5.26. The molecule has 0 radical (unpaired) electrons. The van der Waals surface area contributed by atoms with Crippen molar-refractivity contribution in [2.24, 2.45) is 0 Å². The number of hydrogen-bond donors (Lipinski definition) is 2. The molecule has 3 amide bonds. The first-order valence-corrected chi connectivity index (χ1v) is 13.7. The van der Waals surface area contributed by atoms with E-state index in [0.29, 0.717) is 30.8 Å². The zero-order valence-electron chi connectivity index (χ0n) is 22.1. The van der Waals surface area contributed by atoms with Crippen molar-refractivity contribution in [2.75, 3.05) is 11.9 Å². The average molecular weight is 546 g/mol. The highest BCUT2D eigenvalue weighted by molar-refractivity contribution is 7.20. The van der Waals surface area contributed by atoms with Gasteiger partial charge >= 0.3 is 6.09 Å². The lowest BCUT2D eigenvalue weighted by molar-refractivity contribution is -0.138. The van der Waals surface area contributed by atoms with Crippen LogP contribution in [0.15, 0.2) is 73.1 Å². The quantitative estimate of drug-likeness (QED) is 0.344. The molecule has 0 aliphatic carbocycles. The monoisotopic (exact) mass is 545 g/mol. The number of ether oxygens (including phenoxy) is 1. The summed E-state index contributed by atoms with van der Waals surface area (Å²) in [7, 11) is 0. The van der Waals surface area contributed by atoms with E-state index in [0.717, 1.165) is 15.4 Å². The van der Waals surface area contributed by atoms with Gasteiger partial charge in [-0.15, -0.1) is 0 Å². The van der Waals surface area contributed by atoms with Crippen molar-refractivity contribution in [3.05, 3.63) is 78.6 Å². The fourth-order valence-corrected chi connectivity index (χ4v) is 5.60. The molecule has 2 aromatic heterocycles. The minimum Gasteiger partial charge on any atom is -0.444 e. The number of carbonyl (C=O) groups excluding carboxylic acids is 3. The van der Waals surface area contributed by atoms with E-state index < -0.39 is 23.8 Å². The van der Waals surface area contributed by atoms with Crippen LogP contribution in [-0.4, -0.2) is 50.4 Å². The van der Waals surface area contributed by atoms with Gasteiger partial charge in [0.2, 0.25) is 5.91 Å². The second-order valence-electron chi connectivity index (χ2n) is 10.4. The topological polar surface area (TPSA) is 105 Å². The molecule has 1 aliphatic heterocycles. The molecule has 2 aromatic carbocycles. The van der Waals surface area contributed by atoms with E-state index in [2.05, 4.69) is 15.6 Å². The minimum absolute atomic E-state index is 0.307. The van der Waals surface area contributed by atoms with Crippen LogP contribution in [0.2, 0.25) is 0 Å². The first-order chi connectivity index (χ1) is 18.7. The summed E-state index contributed by atoms with van der Waals surface area (Å²) in [4.78, 5) is 47.6. The van der Waals surface area contributed by atoms with Crippen LogP contribution in [-0.2, 0) is 14.3 Å². The molecule has 202 valence electrons. The van der Waals surface area contributed by atoms with Crippen LogP contribution >= 0.6 is 11.3 Å². The number of benzene rings is 2. The van der Waals surface area contributed by atoms with E-state index in [4.69, 9.17) is 4.74 Å². The van der Waals surface area contributed by atoms with Crippen molar-refractivity contribution in [1.82, 2.24) is 19.6 Å². The van der Waals surface area contributed by atoms with Crippen molar-refractivity contribution < 1.29 is 19.1 Å². The summed E-state index contributed by atoms with van der Waals surface area (Å²) in [5, 5.41) is 5.59. The number of nitrogens with one attached hydrogen (secondary N) is 2. The molecule has 1 fully saturated rings. The van der Waals surface area contributed by atoms with Gasteiger partial charge in [-0.3, -0.25) is 14.0 Å². The highest BCUT2D eigenvalue weighted by Crippen LogP contribution is 2.30.